The number of nitrogens with one attached hydrogen (secondary N) is 1. The molecule has 2 aromatic carbocycles. The molecule has 164 valence electrons. The van der Waals surface area contributed by atoms with Gasteiger partial charge in [0.25, 0.3) is 0 Å². The summed E-state index contributed by atoms with van der Waals surface area (Å²) in [5.74, 6) is 0.373. The molecular weight excluding hydrogens is 417 g/mol. The van der Waals surface area contributed by atoms with Crippen LogP contribution < -0.4 is 10.2 Å². The normalized spacial score (nSPS) is 15.4. The van der Waals surface area contributed by atoms with E-state index in [0.29, 0.717) is 25.9 Å². The van der Waals surface area contributed by atoms with Crippen molar-refractivity contribution in [2.45, 2.75) is 19.0 Å². The van der Waals surface area contributed by atoms with Gasteiger partial charge in [0.1, 0.15) is 0 Å². The van der Waals surface area contributed by atoms with Crippen molar-refractivity contribution in [2.24, 2.45) is 5.92 Å². The van der Waals surface area contributed by atoms with Crippen molar-refractivity contribution in [3.63, 3.8) is 0 Å². The van der Waals surface area contributed by atoms with Gasteiger partial charge in [-0.3, -0.25) is 4.79 Å². The average molecular weight is 438 g/mol. The second-order valence-corrected chi connectivity index (χ2v) is 8.02. The number of halogens is 3. The van der Waals surface area contributed by atoms with Crippen LogP contribution in [-0.2, 0) is 11.0 Å². The van der Waals surface area contributed by atoms with Crippen molar-refractivity contribution in [2.75, 3.05) is 23.3 Å². The summed E-state index contributed by atoms with van der Waals surface area (Å²) in [5.41, 5.74) is 2.33. The first kappa shape index (κ1) is 20.4. The van der Waals surface area contributed by atoms with E-state index in [4.69, 9.17) is 4.98 Å². The van der Waals surface area contributed by atoms with Crippen molar-refractivity contribution in [1.82, 2.24) is 9.38 Å². The quantitative estimate of drug-likeness (QED) is 0.468. The first-order valence-corrected chi connectivity index (χ1v) is 10.5. The Morgan fingerprint density at radius 3 is 2.50 bits per heavy atom. The van der Waals surface area contributed by atoms with E-state index in [1.807, 2.05) is 42.6 Å². The standard InChI is InChI=1S/C24H21F3N4O/c25-24(26,27)17-5-3-6-18(15-17)28-23(32)16-10-13-30(14-11-16)22-21-9-4-12-31(21)20-8-2-1-7-19(20)29-22/h1-9,12,15-16H,10-11,13-14H2,(H,28,32). The second kappa shape index (κ2) is 7.85. The lowest BCUT2D eigenvalue weighted by Crippen LogP contribution is -2.38. The number of fused-ring (bicyclic) bond motifs is 3. The van der Waals surface area contributed by atoms with Crippen molar-refractivity contribution in [3.05, 3.63) is 72.4 Å². The molecule has 1 aliphatic heterocycles. The Morgan fingerprint density at radius 2 is 1.72 bits per heavy atom. The van der Waals surface area contributed by atoms with Crippen LogP contribution in [0, 0.1) is 5.92 Å². The van der Waals surface area contributed by atoms with E-state index in [-0.39, 0.29) is 17.5 Å². The molecule has 1 N–H and O–H groups in total. The molecule has 3 heterocycles. The van der Waals surface area contributed by atoms with Crippen LogP contribution in [-0.4, -0.2) is 28.4 Å². The summed E-state index contributed by atoms with van der Waals surface area (Å²) < 4.78 is 40.9. The molecule has 5 rings (SSSR count). The molecule has 0 spiro atoms. The third-order valence-electron chi connectivity index (χ3n) is 5.97. The number of benzene rings is 2. The van der Waals surface area contributed by atoms with Gasteiger partial charge in [0.05, 0.1) is 22.1 Å². The fourth-order valence-electron chi connectivity index (χ4n) is 4.31. The molecular formula is C24H21F3N4O. The molecule has 0 radical (unpaired) electrons. The summed E-state index contributed by atoms with van der Waals surface area (Å²) in [4.78, 5) is 19.7. The van der Waals surface area contributed by atoms with Gasteiger partial charge in [-0.2, -0.15) is 13.2 Å². The molecule has 0 bridgehead atoms. The highest BCUT2D eigenvalue weighted by Crippen LogP contribution is 2.32. The van der Waals surface area contributed by atoms with Gasteiger partial charge in [-0.15, -0.1) is 0 Å². The number of carbonyl (C=O) groups is 1. The maximum atomic E-state index is 12.9. The molecule has 0 aliphatic carbocycles. The fourth-order valence-corrected chi connectivity index (χ4v) is 4.31. The smallest absolute Gasteiger partial charge is 0.355 e. The predicted octanol–water partition coefficient (Wildman–Crippen LogP) is 5.36. The fraction of sp³-hybridized carbons (Fsp3) is 0.250. The molecule has 1 amide bonds. The van der Waals surface area contributed by atoms with E-state index in [1.54, 1.807) is 0 Å². The number of rotatable bonds is 3. The van der Waals surface area contributed by atoms with Crippen LogP contribution >= 0.6 is 0 Å². The minimum atomic E-state index is -4.44. The largest absolute Gasteiger partial charge is 0.416 e. The maximum absolute atomic E-state index is 12.9. The number of amides is 1. The van der Waals surface area contributed by atoms with E-state index < -0.39 is 11.7 Å². The van der Waals surface area contributed by atoms with Gasteiger partial charge in [-0.25, -0.2) is 4.98 Å². The van der Waals surface area contributed by atoms with Crippen molar-refractivity contribution < 1.29 is 18.0 Å². The number of alkyl halides is 3. The maximum Gasteiger partial charge on any atom is 0.416 e. The van der Waals surface area contributed by atoms with E-state index in [0.717, 1.165) is 34.5 Å². The molecule has 0 unspecified atom stereocenters. The van der Waals surface area contributed by atoms with Crippen LogP contribution in [0.1, 0.15) is 18.4 Å². The third kappa shape index (κ3) is 3.77. The van der Waals surface area contributed by atoms with Gasteiger partial charge in [0.2, 0.25) is 5.91 Å². The van der Waals surface area contributed by atoms with Crippen LogP contribution in [0.25, 0.3) is 16.6 Å². The summed E-state index contributed by atoms with van der Waals surface area (Å²) in [6.07, 6.45) is -1.22. The van der Waals surface area contributed by atoms with Gasteiger partial charge >= 0.3 is 6.18 Å². The minimum absolute atomic E-state index is 0.165. The monoisotopic (exact) mass is 438 g/mol. The predicted molar refractivity (Wildman–Crippen MR) is 118 cm³/mol. The van der Waals surface area contributed by atoms with Crippen LogP contribution in [0.2, 0.25) is 0 Å². The number of anilines is 2. The Kier molecular flexibility index (Phi) is 5.00. The van der Waals surface area contributed by atoms with Crippen LogP contribution in [0.4, 0.5) is 24.7 Å². The number of hydrogen-bond donors (Lipinski definition) is 1. The Balaban J connectivity index is 1.30. The van der Waals surface area contributed by atoms with Gasteiger partial charge in [0, 0.05) is 30.9 Å². The second-order valence-electron chi connectivity index (χ2n) is 8.02. The van der Waals surface area contributed by atoms with Crippen LogP contribution in [0.5, 0.6) is 0 Å². The Labute approximate surface area is 182 Å². The molecule has 32 heavy (non-hydrogen) atoms. The number of carbonyl (C=O) groups excluding carboxylic acids is 1. The number of piperidine rings is 1. The van der Waals surface area contributed by atoms with Gasteiger partial charge < -0.3 is 14.6 Å². The number of para-hydroxylation sites is 2. The lowest BCUT2D eigenvalue weighted by molar-refractivity contribution is -0.137. The molecule has 8 heteroatoms. The molecule has 2 aromatic heterocycles. The van der Waals surface area contributed by atoms with Gasteiger partial charge in [-0.1, -0.05) is 18.2 Å². The summed E-state index contributed by atoms with van der Waals surface area (Å²) in [7, 11) is 0. The van der Waals surface area contributed by atoms with Crippen LogP contribution in [0.15, 0.2) is 66.9 Å². The van der Waals surface area contributed by atoms with Gasteiger partial charge in [-0.05, 0) is 55.3 Å². The molecule has 0 atom stereocenters. The minimum Gasteiger partial charge on any atom is -0.355 e. The first-order chi connectivity index (χ1) is 15.4. The van der Waals surface area contributed by atoms with Crippen molar-refractivity contribution >= 4 is 34.0 Å². The van der Waals surface area contributed by atoms with Crippen molar-refractivity contribution in [3.8, 4) is 0 Å². The van der Waals surface area contributed by atoms with E-state index in [1.165, 1.54) is 12.1 Å². The molecule has 5 nitrogen and oxygen atoms in total. The highest BCUT2D eigenvalue weighted by Gasteiger charge is 2.31. The van der Waals surface area contributed by atoms with Gasteiger partial charge in [0.15, 0.2) is 5.82 Å². The van der Waals surface area contributed by atoms with E-state index >= 15 is 0 Å². The zero-order valence-electron chi connectivity index (χ0n) is 17.1. The van der Waals surface area contributed by atoms with E-state index in [9.17, 15) is 18.0 Å². The van der Waals surface area contributed by atoms with Crippen molar-refractivity contribution in [1.29, 1.82) is 0 Å². The number of nitrogens with zero attached hydrogens (tertiary/aromatic N) is 3. The number of hydrogen-bond acceptors (Lipinski definition) is 3. The molecule has 4 aromatic rings. The average Bonchev–Trinajstić information content (AvgIpc) is 3.29. The highest BCUT2D eigenvalue weighted by atomic mass is 19.4. The Hall–Kier alpha value is -3.55. The molecule has 1 aliphatic rings. The lowest BCUT2D eigenvalue weighted by atomic mass is 9.95. The third-order valence-corrected chi connectivity index (χ3v) is 5.97. The topological polar surface area (TPSA) is 49.6 Å². The summed E-state index contributed by atoms with van der Waals surface area (Å²) >= 11 is 0. The lowest BCUT2D eigenvalue weighted by Gasteiger charge is -2.32. The Morgan fingerprint density at radius 1 is 0.969 bits per heavy atom. The highest BCUT2D eigenvalue weighted by molar-refractivity contribution is 5.93. The molecule has 1 fully saturated rings. The Bertz CT molecular complexity index is 1290. The summed E-state index contributed by atoms with van der Waals surface area (Å²) in [6.45, 7) is 1.29. The SMILES string of the molecule is O=C(Nc1cccc(C(F)(F)F)c1)C1CCN(c2nc3ccccc3n3cccc23)CC1. The molecule has 1 saturated heterocycles. The number of aromatic nitrogens is 2. The van der Waals surface area contributed by atoms with Crippen LogP contribution in [0.3, 0.4) is 0 Å². The first-order valence-electron chi connectivity index (χ1n) is 10.5. The zero-order valence-corrected chi connectivity index (χ0v) is 17.1. The zero-order chi connectivity index (χ0) is 22.3. The molecule has 0 saturated carbocycles. The summed E-state index contributed by atoms with van der Waals surface area (Å²) in [5, 5.41) is 2.65. The summed E-state index contributed by atoms with van der Waals surface area (Å²) in [6, 6.07) is 16.7. The van der Waals surface area contributed by atoms with E-state index in [2.05, 4.69) is 14.6 Å².